The molecule has 0 N–H and O–H groups in total. The molecule has 0 aromatic carbocycles. The summed E-state index contributed by atoms with van der Waals surface area (Å²) in [5.41, 5.74) is 0.0341. The summed E-state index contributed by atoms with van der Waals surface area (Å²) in [6, 6.07) is 0. The minimum Gasteiger partial charge on any atom is -0.329 e. The van der Waals surface area contributed by atoms with E-state index >= 15 is 0 Å². The van der Waals surface area contributed by atoms with E-state index in [1.54, 1.807) is 11.3 Å². The number of likely N-dealkylation sites (N-methyl/N-ethyl adjacent to an activating group) is 1. The van der Waals surface area contributed by atoms with Gasteiger partial charge >= 0.3 is 0 Å². The first kappa shape index (κ1) is 10.7. The summed E-state index contributed by atoms with van der Waals surface area (Å²) in [6.07, 6.45) is 0. The lowest BCUT2D eigenvalue weighted by Crippen LogP contribution is -2.49. The molecule has 0 bridgehead atoms. The van der Waals surface area contributed by atoms with Crippen LogP contribution in [-0.4, -0.2) is 42.1 Å². The maximum absolute atomic E-state index is 6.26. The maximum atomic E-state index is 6.26. The molecular formula is C8H11BrClN3S. The average molecular weight is 297 g/mol. The highest BCUT2D eigenvalue weighted by Gasteiger charge is 2.25. The molecule has 1 unspecified atom stereocenters. The van der Waals surface area contributed by atoms with Gasteiger partial charge in [0.2, 0.25) is 0 Å². The van der Waals surface area contributed by atoms with Crippen LogP contribution in [0.4, 0.5) is 5.13 Å². The molecule has 1 aliphatic heterocycles. The number of thiazole rings is 1. The van der Waals surface area contributed by atoms with E-state index in [0.717, 1.165) is 29.4 Å². The standard InChI is InChI=1S/C8H11BrClN3S/c1-12-2-3-13(7(10)4-12)8-11-6(9)5-14-8/h5,7H,2-4H2,1H3. The zero-order chi connectivity index (χ0) is 10.1. The lowest BCUT2D eigenvalue weighted by Gasteiger charge is -2.36. The van der Waals surface area contributed by atoms with E-state index in [0.29, 0.717) is 0 Å². The van der Waals surface area contributed by atoms with Crippen LogP contribution in [0.2, 0.25) is 0 Å². The minimum atomic E-state index is 0.0341. The molecule has 0 radical (unpaired) electrons. The van der Waals surface area contributed by atoms with Gasteiger partial charge in [-0.3, -0.25) is 0 Å². The molecule has 0 spiro atoms. The van der Waals surface area contributed by atoms with Crippen molar-refractivity contribution in [3.63, 3.8) is 0 Å². The highest BCUT2D eigenvalue weighted by Crippen LogP contribution is 2.27. The van der Waals surface area contributed by atoms with Gasteiger partial charge in [-0.25, -0.2) is 4.98 Å². The Hall–Kier alpha value is 0.160. The fourth-order valence-corrected chi connectivity index (χ4v) is 3.27. The smallest absolute Gasteiger partial charge is 0.187 e. The Morgan fingerprint density at radius 2 is 2.43 bits per heavy atom. The largest absolute Gasteiger partial charge is 0.329 e. The molecule has 3 nitrogen and oxygen atoms in total. The van der Waals surface area contributed by atoms with Gasteiger partial charge < -0.3 is 9.80 Å². The summed E-state index contributed by atoms with van der Waals surface area (Å²) in [5, 5.41) is 2.99. The summed E-state index contributed by atoms with van der Waals surface area (Å²) in [7, 11) is 2.09. The van der Waals surface area contributed by atoms with E-state index in [1.807, 2.05) is 5.38 Å². The lowest BCUT2D eigenvalue weighted by atomic mass is 10.3. The molecule has 1 atom stereocenters. The number of aromatic nitrogens is 1. The first-order valence-electron chi connectivity index (χ1n) is 4.37. The van der Waals surface area contributed by atoms with Crippen LogP contribution in [-0.2, 0) is 0 Å². The average Bonchev–Trinajstić information content (AvgIpc) is 2.51. The fourth-order valence-electron chi connectivity index (χ4n) is 1.46. The normalized spacial score (nSPS) is 24.2. The molecule has 0 aliphatic carbocycles. The maximum Gasteiger partial charge on any atom is 0.187 e. The van der Waals surface area contributed by atoms with Crippen molar-refractivity contribution >= 4 is 44.0 Å². The second kappa shape index (κ2) is 4.35. The van der Waals surface area contributed by atoms with Crippen molar-refractivity contribution in [3.8, 4) is 0 Å². The van der Waals surface area contributed by atoms with Crippen LogP contribution in [0.25, 0.3) is 0 Å². The SMILES string of the molecule is CN1CCN(c2nc(Br)cs2)C(Cl)C1. The quantitative estimate of drug-likeness (QED) is 0.585. The molecule has 1 aromatic heterocycles. The van der Waals surface area contributed by atoms with Crippen LogP contribution in [0, 0.1) is 0 Å². The Balaban J connectivity index is 2.11. The highest BCUT2D eigenvalue weighted by molar-refractivity contribution is 9.10. The molecule has 2 heterocycles. The summed E-state index contributed by atoms with van der Waals surface area (Å²) in [6.45, 7) is 2.88. The van der Waals surface area contributed by atoms with Crippen LogP contribution in [0.1, 0.15) is 0 Å². The molecule has 1 fully saturated rings. The van der Waals surface area contributed by atoms with Gasteiger partial charge in [0.25, 0.3) is 0 Å². The molecule has 14 heavy (non-hydrogen) atoms. The van der Waals surface area contributed by atoms with Crippen LogP contribution >= 0.6 is 38.9 Å². The van der Waals surface area contributed by atoms with Gasteiger partial charge in [-0.2, -0.15) is 0 Å². The Bertz CT molecular complexity index is 319. The van der Waals surface area contributed by atoms with Crippen molar-refractivity contribution in [2.45, 2.75) is 5.50 Å². The zero-order valence-corrected chi connectivity index (χ0v) is 10.9. The third-order valence-electron chi connectivity index (χ3n) is 2.23. The first-order valence-corrected chi connectivity index (χ1v) is 6.48. The lowest BCUT2D eigenvalue weighted by molar-refractivity contribution is 0.299. The summed E-state index contributed by atoms with van der Waals surface area (Å²) in [5.74, 6) is 0. The molecule has 0 amide bonds. The van der Waals surface area contributed by atoms with Crippen molar-refractivity contribution < 1.29 is 0 Å². The molecule has 6 heteroatoms. The summed E-state index contributed by atoms with van der Waals surface area (Å²) < 4.78 is 0.889. The van der Waals surface area contributed by atoms with E-state index in [1.165, 1.54) is 0 Å². The first-order chi connectivity index (χ1) is 6.66. The van der Waals surface area contributed by atoms with Gasteiger partial charge in [-0.15, -0.1) is 11.3 Å². The van der Waals surface area contributed by atoms with Gasteiger partial charge in [0.05, 0.1) is 0 Å². The number of nitrogens with zero attached hydrogens (tertiary/aromatic N) is 3. The van der Waals surface area contributed by atoms with Crippen molar-refractivity contribution in [1.29, 1.82) is 0 Å². The number of alkyl halides is 1. The van der Waals surface area contributed by atoms with Gasteiger partial charge in [0, 0.05) is 25.0 Å². The number of halogens is 2. The van der Waals surface area contributed by atoms with E-state index in [4.69, 9.17) is 11.6 Å². The predicted molar refractivity (Wildman–Crippen MR) is 64.3 cm³/mol. The molecule has 1 aromatic rings. The number of hydrogen-bond donors (Lipinski definition) is 0. The van der Waals surface area contributed by atoms with Gasteiger partial charge in [-0.1, -0.05) is 11.6 Å². The van der Waals surface area contributed by atoms with Gasteiger partial charge in [0.15, 0.2) is 5.13 Å². The van der Waals surface area contributed by atoms with Crippen LogP contribution in [0.15, 0.2) is 9.98 Å². The molecule has 1 aliphatic rings. The van der Waals surface area contributed by atoms with E-state index in [2.05, 4.69) is 37.8 Å². The fraction of sp³-hybridized carbons (Fsp3) is 0.625. The number of anilines is 1. The Morgan fingerprint density at radius 1 is 1.64 bits per heavy atom. The van der Waals surface area contributed by atoms with Crippen LogP contribution in [0.5, 0.6) is 0 Å². The van der Waals surface area contributed by atoms with Crippen molar-refractivity contribution in [2.24, 2.45) is 0 Å². The Kier molecular flexibility index (Phi) is 3.31. The Morgan fingerprint density at radius 3 is 3.00 bits per heavy atom. The minimum absolute atomic E-state index is 0.0341. The van der Waals surface area contributed by atoms with Crippen LogP contribution in [0.3, 0.4) is 0 Å². The monoisotopic (exact) mass is 295 g/mol. The van der Waals surface area contributed by atoms with Crippen LogP contribution < -0.4 is 4.90 Å². The third kappa shape index (κ3) is 2.21. The van der Waals surface area contributed by atoms with E-state index < -0.39 is 0 Å². The second-order valence-corrected chi connectivity index (χ2v) is 5.50. The molecule has 78 valence electrons. The predicted octanol–water partition coefficient (Wildman–Crippen LogP) is 2.22. The van der Waals surface area contributed by atoms with Gasteiger partial charge in [0.1, 0.15) is 10.1 Å². The van der Waals surface area contributed by atoms with Crippen molar-refractivity contribution in [3.05, 3.63) is 9.98 Å². The Labute approximate surface area is 101 Å². The summed E-state index contributed by atoms with van der Waals surface area (Å²) >= 11 is 11.2. The van der Waals surface area contributed by atoms with Crippen molar-refractivity contribution in [1.82, 2.24) is 9.88 Å². The number of piperazine rings is 1. The third-order valence-corrected chi connectivity index (χ3v) is 4.19. The number of rotatable bonds is 1. The molecular weight excluding hydrogens is 286 g/mol. The molecule has 2 rings (SSSR count). The molecule has 1 saturated heterocycles. The number of hydrogen-bond acceptors (Lipinski definition) is 4. The summed E-state index contributed by atoms with van der Waals surface area (Å²) in [4.78, 5) is 8.75. The van der Waals surface area contributed by atoms with E-state index in [9.17, 15) is 0 Å². The van der Waals surface area contributed by atoms with Gasteiger partial charge in [-0.05, 0) is 23.0 Å². The molecule has 0 saturated carbocycles. The van der Waals surface area contributed by atoms with E-state index in [-0.39, 0.29) is 5.50 Å². The second-order valence-electron chi connectivity index (χ2n) is 3.34. The zero-order valence-electron chi connectivity index (χ0n) is 7.78. The topological polar surface area (TPSA) is 19.4 Å². The van der Waals surface area contributed by atoms with Crippen molar-refractivity contribution in [2.75, 3.05) is 31.6 Å². The highest BCUT2D eigenvalue weighted by atomic mass is 79.9.